The molecule has 0 saturated carbocycles. The highest BCUT2D eigenvalue weighted by atomic mass is 31.2. The van der Waals surface area contributed by atoms with Gasteiger partial charge in [0.25, 0.3) is 0 Å². The van der Waals surface area contributed by atoms with Crippen molar-refractivity contribution in [2.75, 3.05) is 6.66 Å². The zero-order chi connectivity index (χ0) is 21.5. The lowest BCUT2D eigenvalue weighted by atomic mass is 10.0. The van der Waals surface area contributed by atoms with Gasteiger partial charge in [-0.2, -0.15) is 0 Å². The van der Waals surface area contributed by atoms with E-state index in [2.05, 4.69) is 47.4 Å². The third-order valence-electron chi connectivity index (χ3n) is 4.81. The third-order valence-corrected chi connectivity index (χ3v) is 5.89. The van der Waals surface area contributed by atoms with E-state index in [9.17, 15) is 4.57 Å². The lowest BCUT2D eigenvalue weighted by Crippen LogP contribution is -1.80. The molecule has 4 aromatic carbocycles. The molecule has 0 heterocycles. The molecule has 148 valence electrons. The number of hydrogen-bond donors (Lipinski definition) is 0. The minimum atomic E-state index is -2.89. The van der Waals surface area contributed by atoms with Gasteiger partial charge in [0.15, 0.2) is 0 Å². The minimum Gasteiger partial charge on any atom is -0.296 e. The molecule has 1 nitrogen and oxygen atoms in total. The number of hydrogen-bond acceptors (Lipinski definition) is 1. The van der Waals surface area contributed by atoms with Crippen LogP contribution in [0.2, 0.25) is 0 Å². The Morgan fingerprint density at radius 1 is 0.484 bits per heavy atom. The van der Waals surface area contributed by atoms with Crippen LogP contribution in [-0.4, -0.2) is 6.66 Å². The summed E-state index contributed by atoms with van der Waals surface area (Å²) in [5.41, 5.74) is 12.0. The van der Waals surface area contributed by atoms with Gasteiger partial charge < -0.3 is 0 Å². The van der Waals surface area contributed by atoms with Crippen LogP contribution in [0.25, 0.3) is 22.3 Å². The largest absolute Gasteiger partial charge is 0.296 e. The fourth-order valence-electron chi connectivity index (χ4n) is 3.12. The molecular formula is C29H21OP. The predicted octanol–water partition coefficient (Wildman–Crippen LogP) is 7.33. The highest BCUT2D eigenvalue weighted by Gasteiger charge is 2.06. The van der Waals surface area contributed by atoms with Gasteiger partial charge in [-0.3, -0.25) is 4.57 Å². The quantitative estimate of drug-likeness (QED) is 0.247. The summed E-state index contributed by atoms with van der Waals surface area (Å²) in [7, 11) is -2.89. The Hall–Kier alpha value is -3.77. The standard InChI is InChI=1S/C29H21OP/c1-31(30,22-20-24-12-16-28(17-13-24)26-8-4-2-5-9-26)23-21-25-14-18-29(19-15-25)27-10-6-3-7-11-27/h2-19H,1H3. The fraction of sp³-hybridized carbons (Fsp3) is 0.0345. The summed E-state index contributed by atoms with van der Waals surface area (Å²) < 4.78 is 12.8. The van der Waals surface area contributed by atoms with Crippen LogP contribution in [0.15, 0.2) is 109 Å². The van der Waals surface area contributed by atoms with Crippen LogP contribution < -0.4 is 0 Å². The van der Waals surface area contributed by atoms with Gasteiger partial charge in [-0.15, -0.1) is 0 Å². The molecule has 0 amide bonds. The number of rotatable bonds is 2. The Morgan fingerprint density at radius 3 is 1.16 bits per heavy atom. The summed E-state index contributed by atoms with van der Waals surface area (Å²) >= 11 is 0. The van der Waals surface area contributed by atoms with E-state index in [1.54, 1.807) is 6.66 Å². The zero-order valence-electron chi connectivity index (χ0n) is 17.2. The summed E-state index contributed by atoms with van der Waals surface area (Å²) in [6, 6.07) is 36.3. The molecule has 4 rings (SSSR count). The van der Waals surface area contributed by atoms with Gasteiger partial charge in [-0.1, -0.05) is 96.8 Å². The van der Waals surface area contributed by atoms with Gasteiger partial charge in [0.2, 0.25) is 7.14 Å². The summed E-state index contributed by atoms with van der Waals surface area (Å²) in [6.45, 7) is 1.61. The maximum absolute atomic E-state index is 12.8. The predicted molar refractivity (Wildman–Crippen MR) is 131 cm³/mol. The van der Waals surface area contributed by atoms with Crippen molar-refractivity contribution in [3.63, 3.8) is 0 Å². The molecule has 0 fully saturated rings. The Morgan fingerprint density at radius 2 is 0.806 bits per heavy atom. The normalized spacial score (nSPS) is 10.4. The summed E-state index contributed by atoms with van der Waals surface area (Å²) in [5.74, 6) is 6.03. The molecule has 0 radical (unpaired) electrons. The van der Waals surface area contributed by atoms with E-state index < -0.39 is 7.14 Å². The molecule has 0 aromatic heterocycles. The van der Waals surface area contributed by atoms with Crippen LogP contribution >= 0.6 is 7.14 Å². The fourth-order valence-corrected chi connectivity index (χ4v) is 3.86. The van der Waals surface area contributed by atoms with Gasteiger partial charge in [-0.05, 0) is 57.8 Å². The molecule has 0 saturated heterocycles. The van der Waals surface area contributed by atoms with E-state index in [0.29, 0.717) is 0 Å². The van der Waals surface area contributed by atoms with Crippen molar-refractivity contribution in [3.8, 4) is 45.4 Å². The van der Waals surface area contributed by atoms with E-state index in [1.165, 1.54) is 0 Å². The van der Waals surface area contributed by atoms with E-state index in [-0.39, 0.29) is 0 Å². The van der Waals surface area contributed by atoms with E-state index in [0.717, 1.165) is 33.4 Å². The topological polar surface area (TPSA) is 17.1 Å². The van der Waals surface area contributed by atoms with Crippen molar-refractivity contribution in [3.05, 3.63) is 120 Å². The Bertz CT molecular complexity index is 1220. The first kappa shape index (κ1) is 20.5. The molecule has 0 unspecified atom stereocenters. The Kier molecular flexibility index (Phi) is 6.19. The average molecular weight is 416 g/mol. The molecule has 0 aliphatic rings. The average Bonchev–Trinajstić information content (AvgIpc) is 2.83. The van der Waals surface area contributed by atoms with Crippen molar-refractivity contribution in [1.82, 2.24) is 0 Å². The van der Waals surface area contributed by atoms with Crippen LogP contribution in [0, 0.1) is 23.2 Å². The van der Waals surface area contributed by atoms with Crippen molar-refractivity contribution in [2.45, 2.75) is 0 Å². The summed E-state index contributed by atoms with van der Waals surface area (Å²) in [6.07, 6.45) is 0. The van der Waals surface area contributed by atoms with Gasteiger partial charge in [0.05, 0.1) is 0 Å². The zero-order valence-corrected chi connectivity index (χ0v) is 18.1. The number of benzene rings is 4. The van der Waals surface area contributed by atoms with Gasteiger partial charge >= 0.3 is 0 Å². The Labute approximate surface area is 184 Å². The Balaban J connectivity index is 1.47. The van der Waals surface area contributed by atoms with Crippen LogP contribution in [-0.2, 0) is 4.57 Å². The molecular weight excluding hydrogens is 395 g/mol. The maximum Gasteiger partial charge on any atom is 0.220 e. The third kappa shape index (κ3) is 5.65. The monoisotopic (exact) mass is 416 g/mol. The molecule has 0 aliphatic heterocycles. The van der Waals surface area contributed by atoms with Crippen LogP contribution in [0.1, 0.15) is 11.1 Å². The lowest BCUT2D eigenvalue weighted by Gasteiger charge is -2.01. The molecule has 0 bridgehead atoms. The molecule has 2 heteroatoms. The lowest BCUT2D eigenvalue weighted by molar-refractivity contribution is 0.591. The molecule has 0 spiro atoms. The maximum atomic E-state index is 12.8. The highest BCUT2D eigenvalue weighted by molar-refractivity contribution is 7.73. The van der Waals surface area contributed by atoms with Crippen molar-refractivity contribution >= 4 is 7.14 Å². The SMILES string of the molecule is CP(=O)(C#Cc1ccc(-c2ccccc2)cc1)C#Cc1ccc(-c2ccccc2)cc1. The van der Waals surface area contributed by atoms with Gasteiger partial charge in [-0.25, -0.2) is 0 Å². The van der Waals surface area contributed by atoms with Crippen LogP contribution in [0.5, 0.6) is 0 Å². The van der Waals surface area contributed by atoms with Gasteiger partial charge in [0, 0.05) is 17.8 Å². The van der Waals surface area contributed by atoms with Crippen molar-refractivity contribution in [2.24, 2.45) is 0 Å². The summed E-state index contributed by atoms with van der Waals surface area (Å²) in [4.78, 5) is 0. The molecule has 4 aromatic rings. The highest BCUT2D eigenvalue weighted by Crippen LogP contribution is 2.38. The van der Waals surface area contributed by atoms with Crippen LogP contribution in [0.4, 0.5) is 0 Å². The van der Waals surface area contributed by atoms with Crippen LogP contribution in [0.3, 0.4) is 0 Å². The first-order chi connectivity index (χ1) is 15.1. The second-order valence-electron chi connectivity index (χ2n) is 7.28. The molecule has 0 atom stereocenters. The molecule has 0 aliphatic carbocycles. The van der Waals surface area contributed by atoms with Gasteiger partial charge in [0.1, 0.15) is 0 Å². The van der Waals surface area contributed by atoms with Crippen molar-refractivity contribution < 1.29 is 4.57 Å². The summed E-state index contributed by atoms with van der Waals surface area (Å²) in [5, 5.41) is 0. The second kappa shape index (κ2) is 9.36. The molecule has 31 heavy (non-hydrogen) atoms. The smallest absolute Gasteiger partial charge is 0.220 e. The first-order valence-corrected chi connectivity index (χ1v) is 12.2. The first-order valence-electron chi connectivity index (χ1n) is 10.0. The van der Waals surface area contributed by atoms with E-state index in [4.69, 9.17) is 0 Å². The van der Waals surface area contributed by atoms with E-state index in [1.807, 2.05) is 84.9 Å². The van der Waals surface area contributed by atoms with E-state index >= 15 is 0 Å². The minimum absolute atomic E-state index is 0.829. The molecule has 0 N–H and O–H groups in total. The second-order valence-corrected chi connectivity index (χ2v) is 9.58. The van der Waals surface area contributed by atoms with Crippen molar-refractivity contribution in [1.29, 1.82) is 0 Å².